The Hall–Kier alpha value is -0.510. The third-order valence-electron chi connectivity index (χ3n) is 5.74. The zero-order valence-electron chi connectivity index (χ0n) is 11.7. The Bertz CT molecular complexity index is 291. The lowest BCUT2D eigenvalue weighted by atomic mass is 9.62. The first-order valence-electron chi connectivity index (χ1n) is 7.43. The van der Waals surface area contributed by atoms with Gasteiger partial charge in [0.05, 0.1) is 6.07 Å². The van der Waals surface area contributed by atoms with Crippen LogP contribution < -0.4 is 0 Å². The standard InChI is InChI=1S/C16H27N/c1-12-4-7-14(8-5-12)16(2,3)15-9-6-13(10-15)11-17/h12-15H,4-10H2,1-3H3. The summed E-state index contributed by atoms with van der Waals surface area (Å²) in [6, 6.07) is 2.48. The van der Waals surface area contributed by atoms with E-state index in [1.807, 2.05) is 0 Å². The van der Waals surface area contributed by atoms with Gasteiger partial charge in [0.1, 0.15) is 0 Å². The number of hydrogen-bond donors (Lipinski definition) is 0. The van der Waals surface area contributed by atoms with Crippen LogP contribution in [0.4, 0.5) is 0 Å². The van der Waals surface area contributed by atoms with Gasteiger partial charge in [0, 0.05) is 5.92 Å². The second-order valence-electron chi connectivity index (χ2n) is 7.11. The van der Waals surface area contributed by atoms with Crippen molar-refractivity contribution in [2.45, 2.75) is 65.7 Å². The Morgan fingerprint density at radius 2 is 1.53 bits per heavy atom. The molecule has 0 heterocycles. The van der Waals surface area contributed by atoms with E-state index < -0.39 is 0 Å². The molecule has 2 rings (SSSR count). The minimum absolute atomic E-state index is 0.349. The highest BCUT2D eigenvalue weighted by Crippen LogP contribution is 2.50. The molecule has 2 aliphatic carbocycles. The molecule has 0 aromatic carbocycles. The zero-order valence-corrected chi connectivity index (χ0v) is 11.7. The van der Waals surface area contributed by atoms with Gasteiger partial charge in [0.15, 0.2) is 0 Å². The molecule has 0 saturated heterocycles. The van der Waals surface area contributed by atoms with E-state index in [0.717, 1.165) is 30.6 Å². The molecule has 17 heavy (non-hydrogen) atoms. The third-order valence-corrected chi connectivity index (χ3v) is 5.74. The van der Waals surface area contributed by atoms with E-state index in [1.54, 1.807) is 0 Å². The lowest BCUT2D eigenvalue weighted by Gasteiger charge is -2.43. The second-order valence-corrected chi connectivity index (χ2v) is 7.11. The van der Waals surface area contributed by atoms with Gasteiger partial charge in [-0.15, -0.1) is 0 Å². The molecule has 2 saturated carbocycles. The summed E-state index contributed by atoms with van der Waals surface area (Å²) >= 11 is 0. The molecule has 0 bridgehead atoms. The Balaban J connectivity index is 1.96. The SMILES string of the molecule is CC1CCC(C(C)(C)C2CCC(C#N)C2)CC1. The van der Waals surface area contributed by atoms with Gasteiger partial charge in [-0.3, -0.25) is 0 Å². The van der Waals surface area contributed by atoms with Crippen molar-refractivity contribution in [2.24, 2.45) is 29.1 Å². The number of nitrogens with zero attached hydrogens (tertiary/aromatic N) is 1. The topological polar surface area (TPSA) is 23.8 Å². The van der Waals surface area contributed by atoms with E-state index in [-0.39, 0.29) is 0 Å². The average molecular weight is 233 g/mol. The first-order chi connectivity index (χ1) is 8.04. The number of rotatable bonds is 2. The molecule has 0 spiro atoms. The Morgan fingerprint density at radius 1 is 0.941 bits per heavy atom. The zero-order chi connectivity index (χ0) is 12.5. The molecule has 1 nitrogen and oxygen atoms in total. The van der Waals surface area contributed by atoms with Gasteiger partial charge in [-0.1, -0.05) is 33.6 Å². The van der Waals surface area contributed by atoms with Gasteiger partial charge in [-0.2, -0.15) is 5.26 Å². The van der Waals surface area contributed by atoms with Crippen molar-refractivity contribution in [3.63, 3.8) is 0 Å². The van der Waals surface area contributed by atoms with E-state index in [0.29, 0.717) is 11.3 Å². The minimum Gasteiger partial charge on any atom is -0.198 e. The molecule has 0 radical (unpaired) electrons. The van der Waals surface area contributed by atoms with Crippen molar-refractivity contribution < 1.29 is 0 Å². The van der Waals surface area contributed by atoms with Crippen LogP contribution in [-0.2, 0) is 0 Å². The smallest absolute Gasteiger partial charge is 0.0655 e. The van der Waals surface area contributed by atoms with Crippen LogP contribution in [0.5, 0.6) is 0 Å². The van der Waals surface area contributed by atoms with E-state index in [1.165, 1.54) is 32.1 Å². The van der Waals surface area contributed by atoms with Gasteiger partial charge in [0.2, 0.25) is 0 Å². The highest BCUT2D eigenvalue weighted by Gasteiger charge is 2.41. The van der Waals surface area contributed by atoms with Crippen LogP contribution in [0.2, 0.25) is 0 Å². The lowest BCUT2D eigenvalue weighted by Crippen LogP contribution is -2.34. The van der Waals surface area contributed by atoms with Crippen molar-refractivity contribution in [1.82, 2.24) is 0 Å². The molecular weight excluding hydrogens is 206 g/mol. The van der Waals surface area contributed by atoms with Crippen molar-refractivity contribution in [1.29, 1.82) is 5.26 Å². The van der Waals surface area contributed by atoms with E-state index in [4.69, 9.17) is 5.26 Å². The summed E-state index contributed by atoms with van der Waals surface area (Å²) in [4.78, 5) is 0. The molecule has 0 aromatic heterocycles. The summed E-state index contributed by atoms with van der Waals surface area (Å²) in [6.07, 6.45) is 9.27. The first kappa shape index (κ1) is 12.9. The highest BCUT2D eigenvalue weighted by molar-refractivity contribution is 4.97. The predicted octanol–water partition coefficient (Wildman–Crippen LogP) is 4.78. The first-order valence-corrected chi connectivity index (χ1v) is 7.43. The monoisotopic (exact) mass is 233 g/mol. The Kier molecular flexibility index (Phi) is 3.81. The number of nitriles is 1. The predicted molar refractivity (Wildman–Crippen MR) is 71.3 cm³/mol. The summed E-state index contributed by atoms with van der Waals surface area (Å²) in [5, 5.41) is 9.04. The molecule has 2 aliphatic rings. The molecule has 0 amide bonds. The molecule has 96 valence electrons. The van der Waals surface area contributed by atoms with Gasteiger partial charge in [0.25, 0.3) is 0 Å². The number of hydrogen-bond acceptors (Lipinski definition) is 1. The van der Waals surface area contributed by atoms with Crippen LogP contribution in [-0.4, -0.2) is 0 Å². The van der Waals surface area contributed by atoms with Crippen LogP contribution in [0.25, 0.3) is 0 Å². The molecule has 0 N–H and O–H groups in total. The highest BCUT2D eigenvalue weighted by atomic mass is 14.5. The van der Waals surface area contributed by atoms with Crippen LogP contribution in [0, 0.1) is 40.4 Å². The molecule has 2 atom stereocenters. The summed E-state index contributed by atoms with van der Waals surface area (Å²) < 4.78 is 0. The van der Waals surface area contributed by atoms with Crippen molar-refractivity contribution in [3.8, 4) is 6.07 Å². The van der Waals surface area contributed by atoms with Gasteiger partial charge in [-0.25, -0.2) is 0 Å². The van der Waals surface area contributed by atoms with Crippen molar-refractivity contribution in [2.75, 3.05) is 0 Å². The van der Waals surface area contributed by atoms with Crippen LogP contribution in [0.1, 0.15) is 65.7 Å². The van der Waals surface area contributed by atoms with Gasteiger partial charge >= 0.3 is 0 Å². The largest absolute Gasteiger partial charge is 0.198 e. The summed E-state index contributed by atoms with van der Waals surface area (Å²) in [6.45, 7) is 7.33. The van der Waals surface area contributed by atoms with Gasteiger partial charge < -0.3 is 0 Å². The van der Waals surface area contributed by atoms with Crippen LogP contribution >= 0.6 is 0 Å². The molecule has 0 aliphatic heterocycles. The van der Waals surface area contributed by atoms with Crippen LogP contribution in [0.15, 0.2) is 0 Å². The van der Waals surface area contributed by atoms with Crippen molar-refractivity contribution >= 4 is 0 Å². The summed E-state index contributed by atoms with van der Waals surface area (Å²) in [7, 11) is 0. The Labute approximate surface area is 107 Å². The fourth-order valence-electron chi connectivity index (χ4n) is 4.11. The van der Waals surface area contributed by atoms with E-state index in [2.05, 4.69) is 26.8 Å². The Morgan fingerprint density at radius 3 is 2.06 bits per heavy atom. The maximum atomic E-state index is 9.04. The van der Waals surface area contributed by atoms with Gasteiger partial charge in [-0.05, 0) is 55.3 Å². The molecular formula is C16H27N. The minimum atomic E-state index is 0.349. The third kappa shape index (κ3) is 2.67. The normalized spacial score (nSPS) is 38.9. The van der Waals surface area contributed by atoms with E-state index >= 15 is 0 Å². The molecule has 1 heteroatoms. The van der Waals surface area contributed by atoms with Crippen molar-refractivity contribution in [3.05, 3.63) is 0 Å². The lowest BCUT2D eigenvalue weighted by molar-refractivity contribution is 0.0729. The quantitative estimate of drug-likeness (QED) is 0.673. The molecule has 2 unspecified atom stereocenters. The average Bonchev–Trinajstić information content (AvgIpc) is 2.78. The van der Waals surface area contributed by atoms with E-state index in [9.17, 15) is 0 Å². The maximum absolute atomic E-state index is 9.04. The molecule has 0 aromatic rings. The second kappa shape index (κ2) is 5.01. The summed E-state index contributed by atoms with van der Waals surface area (Å²) in [5.41, 5.74) is 0.464. The molecule has 2 fully saturated rings. The maximum Gasteiger partial charge on any atom is 0.0655 e. The summed E-state index contributed by atoms with van der Waals surface area (Å²) in [5.74, 6) is 2.99. The fourth-order valence-corrected chi connectivity index (χ4v) is 4.11. The fraction of sp³-hybridized carbons (Fsp3) is 0.938. The van der Waals surface area contributed by atoms with Crippen LogP contribution in [0.3, 0.4) is 0 Å².